The zero-order valence-corrected chi connectivity index (χ0v) is 13.6. The quantitative estimate of drug-likeness (QED) is 0.720. The van der Waals surface area contributed by atoms with Gasteiger partial charge in [0.05, 0.1) is 16.5 Å². The van der Waals surface area contributed by atoms with Gasteiger partial charge in [0.1, 0.15) is 5.75 Å². The van der Waals surface area contributed by atoms with Crippen LogP contribution >= 0.6 is 0 Å². The number of hydrogen-bond acceptors (Lipinski definition) is 3. The number of aromatic nitrogens is 1. The van der Waals surface area contributed by atoms with Crippen LogP contribution in [0.4, 0.5) is 0 Å². The summed E-state index contributed by atoms with van der Waals surface area (Å²) in [6.07, 6.45) is 0. The van der Waals surface area contributed by atoms with Gasteiger partial charge in [-0.15, -0.1) is 0 Å². The van der Waals surface area contributed by atoms with Gasteiger partial charge in [-0.05, 0) is 24.6 Å². The van der Waals surface area contributed by atoms with Crippen molar-refractivity contribution in [3.05, 3.63) is 65.4 Å². The lowest BCUT2D eigenvalue weighted by Crippen LogP contribution is -2.10. The predicted molar refractivity (Wildman–Crippen MR) is 92.3 cm³/mol. The van der Waals surface area contributed by atoms with Crippen LogP contribution in [-0.4, -0.2) is 33.3 Å². The zero-order chi connectivity index (χ0) is 18.0. The number of nitrogens with zero attached hydrogens (tertiary/aromatic N) is 1. The number of aliphatic carboxylic acids is 1. The van der Waals surface area contributed by atoms with Gasteiger partial charge >= 0.3 is 11.9 Å². The van der Waals surface area contributed by atoms with E-state index in [1.165, 1.54) is 0 Å². The minimum Gasteiger partial charge on any atom is -0.481 e. The van der Waals surface area contributed by atoms with Crippen molar-refractivity contribution in [1.29, 1.82) is 0 Å². The van der Waals surface area contributed by atoms with E-state index >= 15 is 0 Å². The summed E-state index contributed by atoms with van der Waals surface area (Å²) >= 11 is 0. The van der Waals surface area contributed by atoms with Crippen molar-refractivity contribution in [3.8, 4) is 5.75 Å². The van der Waals surface area contributed by atoms with Crippen molar-refractivity contribution in [1.82, 2.24) is 4.57 Å². The largest absolute Gasteiger partial charge is 0.481 e. The Bertz CT molecular complexity index is 943. The second kappa shape index (κ2) is 6.68. The lowest BCUT2D eigenvalue weighted by Gasteiger charge is -2.09. The summed E-state index contributed by atoms with van der Waals surface area (Å²) in [5, 5.41) is 18.9. The maximum Gasteiger partial charge on any atom is 0.341 e. The fraction of sp³-hybridized carbons (Fsp3) is 0.158. The van der Waals surface area contributed by atoms with E-state index in [1.54, 1.807) is 19.1 Å². The normalized spacial score (nSPS) is 10.8. The van der Waals surface area contributed by atoms with E-state index < -0.39 is 18.5 Å². The van der Waals surface area contributed by atoms with E-state index in [-0.39, 0.29) is 11.3 Å². The SMILES string of the molecule is Cc1c(C(=O)O)c2c(OCC(=O)O)cccc2n1Cc1ccccc1. The maximum atomic E-state index is 11.8. The number of carbonyl (C=O) groups is 2. The van der Waals surface area contributed by atoms with Crippen molar-refractivity contribution in [2.45, 2.75) is 13.5 Å². The van der Waals surface area contributed by atoms with Crippen molar-refractivity contribution in [2.75, 3.05) is 6.61 Å². The molecule has 0 saturated heterocycles. The lowest BCUT2D eigenvalue weighted by molar-refractivity contribution is -0.139. The smallest absolute Gasteiger partial charge is 0.341 e. The van der Waals surface area contributed by atoms with Crippen molar-refractivity contribution >= 4 is 22.8 Å². The summed E-state index contributed by atoms with van der Waals surface area (Å²) in [5.41, 5.74) is 2.46. The summed E-state index contributed by atoms with van der Waals surface area (Å²) in [6.45, 7) is 1.73. The summed E-state index contributed by atoms with van der Waals surface area (Å²) in [5.74, 6) is -1.93. The molecule has 25 heavy (non-hydrogen) atoms. The topological polar surface area (TPSA) is 88.8 Å². The number of aromatic carboxylic acids is 1. The summed E-state index contributed by atoms with van der Waals surface area (Å²) in [6, 6.07) is 14.8. The molecule has 0 aliphatic heterocycles. The molecule has 0 spiro atoms. The molecular formula is C19H17NO5. The van der Waals surface area contributed by atoms with Crippen LogP contribution < -0.4 is 4.74 Å². The van der Waals surface area contributed by atoms with Gasteiger partial charge in [-0.2, -0.15) is 0 Å². The number of carboxylic acids is 2. The van der Waals surface area contributed by atoms with Crippen molar-refractivity contribution in [2.24, 2.45) is 0 Å². The van der Waals surface area contributed by atoms with Crippen LogP contribution in [0.1, 0.15) is 21.6 Å². The summed E-state index contributed by atoms with van der Waals surface area (Å²) in [7, 11) is 0. The fourth-order valence-corrected chi connectivity index (χ4v) is 2.98. The third-order valence-electron chi connectivity index (χ3n) is 4.06. The zero-order valence-electron chi connectivity index (χ0n) is 13.6. The first kappa shape index (κ1) is 16.6. The van der Waals surface area contributed by atoms with E-state index in [0.717, 1.165) is 5.56 Å². The van der Waals surface area contributed by atoms with Gasteiger partial charge in [-0.25, -0.2) is 9.59 Å². The number of benzene rings is 2. The Labute approximate surface area is 143 Å². The standard InChI is InChI=1S/C19H17NO5/c1-12-17(19(23)24)18-14(8-5-9-15(18)25-11-16(21)22)20(12)10-13-6-3-2-4-7-13/h2-9H,10-11H2,1H3,(H,21,22)(H,23,24). The predicted octanol–water partition coefficient (Wildman–Crippen LogP) is 3.16. The minimum atomic E-state index is -1.12. The monoisotopic (exact) mass is 339 g/mol. The average Bonchev–Trinajstić information content (AvgIpc) is 2.87. The van der Waals surface area contributed by atoms with Crippen LogP contribution in [0.25, 0.3) is 10.9 Å². The van der Waals surface area contributed by atoms with Crippen LogP contribution in [0.3, 0.4) is 0 Å². The number of rotatable bonds is 6. The molecule has 0 saturated carbocycles. The van der Waals surface area contributed by atoms with Gasteiger partial charge < -0.3 is 19.5 Å². The van der Waals surface area contributed by atoms with Crippen LogP contribution in [0, 0.1) is 6.92 Å². The Morgan fingerprint density at radius 1 is 1.04 bits per heavy atom. The van der Waals surface area contributed by atoms with Gasteiger partial charge in [0.2, 0.25) is 0 Å². The Hall–Kier alpha value is -3.28. The molecule has 6 nitrogen and oxygen atoms in total. The van der Waals surface area contributed by atoms with Crippen LogP contribution in [-0.2, 0) is 11.3 Å². The minimum absolute atomic E-state index is 0.131. The Morgan fingerprint density at radius 3 is 2.40 bits per heavy atom. The van der Waals surface area contributed by atoms with E-state index in [4.69, 9.17) is 9.84 Å². The van der Waals surface area contributed by atoms with Crippen LogP contribution in [0.2, 0.25) is 0 Å². The number of carboxylic acid groups (broad SMARTS) is 2. The molecule has 0 bridgehead atoms. The molecule has 6 heteroatoms. The Morgan fingerprint density at radius 2 is 1.76 bits per heavy atom. The molecule has 3 rings (SSSR count). The van der Waals surface area contributed by atoms with Crippen molar-refractivity contribution < 1.29 is 24.5 Å². The molecule has 0 fully saturated rings. The molecule has 2 aromatic carbocycles. The van der Waals surface area contributed by atoms with E-state index in [1.807, 2.05) is 41.0 Å². The van der Waals surface area contributed by atoms with Crippen LogP contribution in [0.5, 0.6) is 5.75 Å². The third-order valence-corrected chi connectivity index (χ3v) is 4.06. The first-order valence-electron chi connectivity index (χ1n) is 7.72. The highest BCUT2D eigenvalue weighted by Gasteiger charge is 2.23. The highest BCUT2D eigenvalue weighted by molar-refractivity contribution is 6.07. The van der Waals surface area contributed by atoms with E-state index in [0.29, 0.717) is 23.1 Å². The maximum absolute atomic E-state index is 11.8. The molecule has 0 atom stereocenters. The molecule has 1 aromatic heterocycles. The first-order chi connectivity index (χ1) is 12.0. The first-order valence-corrected chi connectivity index (χ1v) is 7.72. The number of hydrogen-bond donors (Lipinski definition) is 2. The summed E-state index contributed by atoms with van der Waals surface area (Å²) in [4.78, 5) is 22.6. The molecule has 0 amide bonds. The van der Waals surface area contributed by atoms with Gasteiger partial charge in [0.15, 0.2) is 6.61 Å². The Balaban J connectivity index is 2.18. The van der Waals surface area contributed by atoms with Gasteiger partial charge in [0.25, 0.3) is 0 Å². The third kappa shape index (κ3) is 3.19. The highest BCUT2D eigenvalue weighted by atomic mass is 16.5. The molecule has 3 aromatic rings. The van der Waals surface area contributed by atoms with E-state index in [2.05, 4.69) is 0 Å². The number of fused-ring (bicyclic) bond motifs is 1. The van der Waals surface area contributed by atoms with E-state index in [9.17, 15) is 14.7 Å². The molecular weight excluding hydrogens is 322 g/mol. The molecule has 2 N–H and O–H groups in total. The highest BCUT2D eigenvalue weighted by Crippen LogP contribution is 2.34. The van der Waals surface area contributed by atoms with Crippen molar-refractivity contribution in [3.63, 3.8) is 0 Å². The molecule has 0 radical (unpaired) electrons. The molecule has 0 aliphatic carbocycles. The van der Waals surface area contributed by atoms with Gasteiger partial charge in [-0.1, -0.05) is 36.4 Å². The number of ether oxygens (including phenoxy) is 1. The van der Waals surface area contributed by atoms with Gasteiger partial charge in [0, 0.05) is 12.2 Å². The molecule has 0 unspecified atom stereocenters. The van der Waals surface area contributed by atoms with Gasteiger partial charge in [-0.3, -0.25) is 0 Å². The lowest BCUT2D eigenvalue weighted by atomic mass is 10.1. The summed E-state index contributed by atoms with van der Waals surface area (Å²) < 4.78 is 7.22. The fourth-order valence-electron chi connectivity index (χ4n) is 2.98. The molecule has 1 heterocycles. The second-order valence-electron chi connectivity index (χ2n) is 5.67. The molecule has 128 valence electrons. The van der Waals surface area contributed by atoms with Crippen LogP contribution in [0.15, 0.2) is 48.5 Å². The Kier molecular flexibility index (Phi) is 4.43. The molecule has 0 aliphatic rings. The second-order valence-corrected chi connectivity index (χ2v) is 5.67. The average molecular weight is 339 g/mol.